The molecule has 2 heterocycles. The highest BCUT2D eigenvalue weighted by molar-refractivity contribution is 5.84. The summed E-state index contributed by atoms with van der Waals surface area (Å²) in [6, 6.07) is 9.32. The summed E-state index contributed by atoms with van der Waals surface area (Å²) in [5.41, 5.74) is 0.663. The van der Waals surface area contributed by atoms with Crippen LogP contribution in [0.1, 0.15) is 19.3 Å². The Morgan fingerprint density at radius 2 is 2.05 bits per heavy atom. The van der Waals surface area contributed by atoms with E-state index in [1.54, 1.807) is 0 Å². The average Bonchev–Trinajstić information content (AvgIpc) is 2.83. The van der Waals surface area contributed by atoms with Gasteiger partial charge in [0.05, 0.1) is 12.2 Å². The smallest absolute Gasteiger partial charge is 0.411 e. The Labute approximate surface area is 118 Å². The molecule has 5 nitrogen and oxygen atoms in total. The Hall–Kier alpha value is -1.59. The van der Waals surface area contributed by atoms with Crippen LogP contribution in [0, 0.1) is 0 Å². The van der Waals surface area contributed by atoms with Gasteiger partial charge in [-0.25, -0.2) is 4.79 Å². The number of carbonyl (C=O) groups excluding carboxylic acids is 1. The van der Waals surface area contributed by atoms with Crippen molar-refractivity contribution in [3.63, 3.8) is 0 Å². The summed E-state index contributed by atoms with van der Waals surface area (Å²) in [4.78, 5) is 11.8. The van der Waals surface area contributed by atoms with Crippen LogP contribution >= 0.6 is 0 Å². The molecule has 1 spiro atoms. The number of piperidine rings is 1. The molecule has 1 atom stereocenters. The van der Waals surface area contributed by atoms with Crippen molar-refractivity contribution in [1.29, 1.82) is 0 Å². The number of nitrogens with one attached hydrogen (secondary N) is 2. The molecule has 2 aliphatic heterocycles. The summed E-state index contributed by atoms with van der Waals surface area (Å²) in [5, 5.41) is 6.06. The van der Waals surface area contributed by atoms with Crippen molar-refractivity contribution in [3.05, 3.63) is 30.3 Å². The lowest BCUT2D eigenvalue weighted by atomic mass is 9.89. The standard InChI is InChI=1S/C15H20N2O3/c18-14(17-12-4-2-1-3-5-12)20-13-10-15(19-11-13)6-8-16-9-7-15/h1-5,13,16H,6-11H2,(H,17,18). The Bertz CT molecular complexity index is 457. The molecule has 0 aromatic heterocycles. The third kappa shape index (κ3) is 3.11. The van der Waals surface area contributed by atoms with E-state index in [4.69, 9.17) is 9.47 Å². The normalized spacial score (nSPS) is 24.5. The van der Waals surface area contributed by atoms with E-state index in [0.29, 0.717) is 6.61 Å². The zero-order chi connectivity index (χ0) is 13.8. The van der Waals surface area contributed by atoms with Gasteiger partial charge in [-0.1, -0.05) is 18.2 Å². The molecule has 0 bridgehead atoms. The molecule has 1 unspecified atom stereocenters. The molecule has 1 aromatic carbocycles. The van der Waals surface area contributed by atoms with E-state index in [-0.39, 0.29) is 11.7 Å². The fourth-order valence-corrected chi connectivity index (χ4v) is 2.93. The first-order valence-corrected chi connectivity index (χ1v) is 7.13. The SMILES string of the molecule is O=C(Nc1ccccc1)OC1COC2(CCNCC2)C1. The van der Waals surface area contributed by atoms with Gasteiger partial charge in [0.1, 0.15) is 6.10 Å². The number of anilines is 1. The Morgan fingerprint density at radius 3 is 2.80 bits per heavy atom. The number of hydrogen-bond acceptors (Lipinski definition) is 4. The van der Waals surface area contributed by atoms with E-state index >= 15 is 0 Å². The minimum atomic E-state index is -0.407. The van der Waals surface area contributed by atoms with Crippen LogP contribution in [0.5, 0.6) is 0 Å². The topological polar surface area (TPSA) is 59.6 Å². The predicted molar refractivity (Wildman–Crippen MR) is 75.7 cm³/mol. The summed E-state index contributed by atoms with van der Waals surface area (Å²) in [6.45, 7) is 2.45. The molecule has 1 amide bonds. The lowest BCUT2D eigenvalue weighted by Crippen LogP contribution is -2.41. The van der Waals surface area contributed by atoms with Gasteiger partial charge >= 0.3 is 6.09 Å². The van der Waals surface area contributed by atoms with Crippen LogP contribution in [0.3, 0.4) is 0 Å². The summed E-state index contributed by atoms with van der Waals surface area (Å²) < 4.78 is 11.3. The van der Waals surface area contributed by atoms with Crippen molar-refractivity contribution >= 4 is 11.8 Å². The monoisotopic (exact) mass is 276 g/mol. The molecule has 108 valence electrons. The minimum absolute atomic E-state index is 0.0804. The molecule has 0 saturated carbocycles. The van der Waals surface area contributed by atoms with E-state index in [1.165, 1.54) is 0 Å². The first kappa shape index (κ1) is 13.4. The van der Waals surface area contributed by atoms with Gasteiger partial charge in [-0.3, -0.25) is 5.32 Å². The first-order valence-electron chi connectivity index (χ1n) is 7.13. The fourth-order valence-electron chi connectivity index (χ4n) is 2.93. The first-order chi connectivity index (χ1) is 9.76. The minimum Gasteiger partial charge on any atom is -0.443 e. The molecule has 5 heteroatoms. The second-order valence-electron chi connectivity index (χ2n) is 5.47. The zero-order valence-electron chi connectivity index (χ0n) is 11.4. The highest BCUT2D eigenvalue weighted by atomic mass is 16.6. The largest absolute Gasteiger partial charge is 0.443 e. The van der Waals surface area contributed by atoms with Crippen LogP contribution in [0.4, 0.5) is 10.5 Å². The fraction of sp³-hybridized carbons (Fsp3) is 0.533. The van der Waals surface area contributed by atoms with Gasteiger partial charge in [0, 0.05) is 12.1 Å². The Kier molecular flexibility index (Phi) is 3.89. The molecule has 1 aromatic rings. The predicted octanol–water partition coefficient (Wildman–Crippen LogP) is 2.15. The molecule has 2 N–H and O–H groups in total. The van der Waals surface area contributed by atoms with Crippen molar-refractivity contribution < 1.29 is 14.3 Å². The molecule has 3 rings (SSSR count). The van der Waals surface area contributed by atoms with Gasteiger partial charge in [0.25, 0.3) is 0 Å². The summed E-state index contributed by atoms with van der Waals surface area (Å²) in [7, 11) is 0. The Balaban J connectivity index is 1.50. The van der Waals surface area contributed by atoms with Crippen molar-refractivity contribution in [2.45, 2.75) is 31.0 Å². The third-order valence-electron chi connectivity index (χ3n) is 3.98. The second kappa shape index (κ2) is 5.81. The summed E-state index contributed by atoms with van der Waals surface area (Å²) in [5.74, 6) is 0. The van der Waals surface area contributed by atoms with Gasteiger partial charge in [0.2, 0.25) is 0 Å². The molecule has 20 heavy (non-hydrogen) atoms. The number of benzene rings is 1. The lowest BCUT2D eigenvalue weighted by Gasteiger charge is -2.32. The lowest BCUT2D eigenvalue weighted by molar-refractivity contribution is -0.0211. The highest BCUT2D eigenvalue weighted by Gasteiger charge is 2.42. The number of carbonyl (C=O) groups is 1. The van der Waals surface area contributed by atoms with Gasteiger partial charge in [-0.15, -0.1) is 0 Å². The highest BCUT2D eigenvalue weighted by Crippen LogP contribution is 2.35. The number of amides is 1. The van der Waals surface area contributed by atoms with E-state index < -0.39 is 6.09 Å². The van der Waals surface area contributed by atoms with E-state index in [0.717, 1.165) is 38.0 Å². The van der Waals surface area contributed by atoms with Crippen molar-refractivity contribution in [2.24, 2.45) is 0 Å². The Morgan fingerprint density at radius 1 is 1.30 bits per heavy atom. The third-order valence-corrected chi connectivity index (χ3v) is 3.98. The molecule has 2 saturated heterocycles. The van der Waals surface area contributed by atoms with Crippen molar-refractivity contribution in [2.75, 3.05) is 25.0 Å². The van der Waals surface area contributed by atoms with Crippen LogP contribution in [-0.4, -0.2) is 37.5 Å². The maximum Gasteiger partial charge on any atom is 0.411 e. The number of rotatable bonds is 2. The van der Waals surface area contributed by atoms with Crippen molar-refractivity contribution in [3.8, 4) is 0 Å². The van der Waals surface area contributed by atoms with Crippen LogP contribution in [0.25, 0.3) is 0 Å². The van der Waals surface area contributed by atoms with Gasteiger partial charge < -0.3 is 14.8 Å². The van der Waals surface area contributed by atoms with E-state index in [1.807, 2.05) is 30.3 Å². The summed E-state index contributed by atoms with van der Waals surface area (Å²) >= 11 is 0. The van der Waals surface area contributed by atoms with Crippen LogP contribution in [0.15, 0.2) is 30.3 Å². The van der Waals surface area contributed by atoms with Crippen LogP contribution in [0.2, 0.25) is 0 Å². The van der Waals surface area contributed by atoms with E-state index in [9.17, 15) is 4.79 Å². The molecule has 0 radical (unpaired) electrons. The molecule has 0 aliphatic carbocycles. The van der Waals surface area contributed by atoms with Gasteiger partial charge in [-0.05, 0) is 38.1 Å². The van der Waals surface area contributed by atoms with Crippen LogP contribution < -0.4 is 10.6 Å². The maximum atomic E-state index is 11.8. The molecular formula is C15H20N2O3. The van der Waals surface area contributed by atoms with Gasteiger partial charge in [-0.2, -0.15) is 0 Å². The number of ether oxygens (including phenoxy) is 2. The van der Waals surface area contributed by atoms with Gasteiger partial charge in [0.15, 0.2) is 0 Å². The molecule has 2 fully saturated rings. The summed E-state index contributed by atoms with van der Waals surface area (Å²) in [6.07, 6.45) is 2.24. The average molecular weight is 276 g/mol. The second-order valence-corrected chi connectivity index (χ2v) is 5.47. The zero-order valence-corrected chi connectivity index (χ0v) is 11.4. The van der Waals surface area contributed by atoms with Crippen LogP contribution in [-0.2, 0) is 9.47 Å². The number of hydrogen-bond donors (Lipinski definition) is 2. The number of para-hydroxylation sites is 1. The quantitative estimate of drug-likeness (QED) is 0.869. The molecule has 2 aliphatic rings. The maximum absolute atomic E-state index is 11.8. The van der Waals surface area contributed by atoms with Crippen molar-refractivity contribution in [1.82, 2.24) is 5.32 Å². The van der Waals surface area contributed by atoms with E-state index in [2.05, 4.69) is 10.6 Å². The molecular weight excluding hydrogens is 256 g/mol.